The van der Waals surface area contributed by atoms with Crippen LogP contribution in [-0.4, -0.2) is 0 Å². The van der Waals surface area contributed by atoms with Crippen molar-refractivity contribution >= 4 is 11.0 Å². The molecule has 0 spiro atoms. The highest BCUT2D eigenvalue weighted by Crippen LogP contribution is 2.32. The summed E-state index contributed by atoms with van der Waals surface area (Å²) in [4.78, 5) is 13.2. The van der Waals surface area contributed by atoms with Gasteiger partial charge in [0.25, 0.3) is 0 Å². The third kappa shape index (κ3) is 2.42. The highest BCUT2D eigenvalue weighted by molar-refractivity contribution is 5.89. The van der Waals surface area contributed by atoms with Crippen molar-refractivity contribution in [3.05, 3.63) is 94.6 Å². The lowest BCUT2D eigenvalue weighted by Gasteiger charge is -2.11. The maximum atomic E-state index is 13.2. The molecule has 0 aliphatic rings. The molecule has 0 radical (unpaired) electrons. The number of hydrogen-bond donors (Lipinski definition) is 0. The molecule has 0 fully saturated rings. The molecule has 2 nitrogen and oxygen atoms in total. The first-order valence-corrected chi connectivity index (χ1v) is 7.92. The fourth-order valence-electron chi connectivity index (χ4n) is 2.97. The Morgan fingerprint density at radius 3 is 2.04 bits per heavy atom. The van der Waals surface area contributed by atoms with Crippen molar-refractivity contribution in [2.45, 2.75) is 6.92 Å². The quantitative estimate of drug-likeness (QED) is 0.493. The summed E-state index contributed by atoms with van der Waals surface area (Å²) in [6, 6.07) is 25.2. The lowest BCUT2D eigenvalue weighted by atomic mass is 9.98. The molecule has 2 heteroatoms. The van der Waals surface area contributed by atoms with Crippen LogP contribution in [0.1, 0.15) is 5.56 Å². The largest absolute Gasteiger partial charge is 0.455 e. The molecule has 1 heterocycles. The lowest BCUT2D eigenvalue weighted by molar-refractivity contribution is 0.620. The van der Waals surface area contributed by atoms with Gasteiger partial charge >= 0.3 is 0 Å². The molecule has 0 saturated heterocycles. The van der Waals surface area contributed by atoms with Crippen molar-refractivity contribution in [2.24, 2.45) is 0 Å². The monoisotopic (exact) mass is 312 g/mol. The molecule has 1 aromatic heterocycles. The van der Waals surface area contributed by atoms with E-state index in [4.69, 9.17) is 4.42 Å². The van der Waals surface area contributed by atoms with Gasteiger partial charge in [-0.25, -0.2) is 0 Å². The second-order valence-corrected chi connectivity index (χ2v) is 5.87. The first kappa shape index (κ1) is 14.5. The second-order valence-electron chi connectivity index (χ2n) is 5.87. The van der Waals surface area contributed by atoms with Gasteiger partial charge in [-0.05, 0) is 24.6 Å². The van der Waals surface area contributed by atoms with Gasteiger partial charge in [0.1, 0.15) is 11.3 Å². The van der Waals surface area contributed by atoms with Crippen molar-refractivity contribution < 1.29 is 4.42 Å². The smallest absolute Gasteiger partial charge is 0.201 e. The van der Waals surface area contributed by atoms with E-state index in [2.05, 4.69) is 0 Å². The zero-order valence-corrected chi connectivity index (χ0v) is 13.3. The maximum absolute atomic E-state index is 13.2. The zero-order valence-electron chi connectivity index (χ0n) is 13.3. The summed E-state index contributed by atoms with van der Waals surface area (Å²) in [6.45, 7) is 1.98. The number of fused-ring (bicyclic) bond motifs is 1. The summed E-state index contributed by atoms with van der Waals surface area (Å²) >= 11 is 0. The van der Waals surface area contributed by atoms with Gasteiger partial charge in [0.2, 0.25) is 5.43 Å². The molecule has 0 saturated carbocycles. The molecule has 24 heavy (non-hydrogen) atoms. The van der Waals surface area contributed by atoms with Crippen molar-refractivity contribution in [1.82, 2.24) is 0 Å². The van der Waals surface area contributed by atoms with E-state index in [0.717, 1.165) is 16.7 Å². The van der Waals surface area contributed by atoms with Crippen LogP contribution in [0.4, 0.5) is 0 Å². The molecule has 0 N–H and O–H groups in total. The van der Waals surface area contributed by atoms with Crippen molar-refractivity contribution in [1.29, 1.82) is 0 Å². The summed E-state index contributed by atoms with van der Waals surface area (Å²) in [5.41, 5.74) is 4.04. The highest BCUT2D eigenvalue weighted by atomic mass is 16.3. The average Bonchev–Trinajstić information content (AvgIpc) is 2.63. The van der Waals surface area contributed by atoms with Gasteiger partial charge in [-0.1, -0.05) is 72.3 Å². The van der Waals surface area contributed by atoms with Gasteiger partial charge in [-0.15, -0.1) is 0 Å². The van der Waals surface area contributed by atoms with Crippen LogP contribution in [0.5, 0.6) is 0 Å². The molecular formula is C22H16O2. The zero-order chi connectivity index (χ0) is 16.5. The van der Waals surface area contributed by atoms with Gasteiger partial charge in [-0.3, -0.25) is 4.79 Å². The predicted octanol–water partition coefficient (Wildman–Crippen LogP) is 5.44. The number of rotatable bonds is 2. The maximum Gasteiger partial charge on any atom is 0.201 e. The van der Waals surface area contributed by atoms with Gasteiger partial charge in [-0.2, -0.15) is 0 Å². The van der Waals surface area contributed by atoms with Crippen LogP contribution in [-0.2, 0) is 0 Å². The first-order valence-electron chi connectivity index (χ1n) is 7.92. The van der Waals surface area contributed by atoms with E-state index in [-0.39, 0.29) is 5.43 Å². The molecule has 0 aliphatic heterocycles. The van der Waals surface area contributed by atoms with Crippen LogP contribution in [0.15, 0.2) is 88.1 Å². The van der Waals surface area contributed by atoms with E-state index in [1.807, 2.05) is 85.8 Å². The van der Waals surface area contributed by atoms with Crippen LogP contribution in [0, 0.1) is 6.92 Å². The summed E-state index contributed by atoms with van der Waals surface area (Å²) in [5.74, 6) is 0.614. The first-order chi connectivity index (χ1) is 11.7. The summed E-state index contributed by atoms with van der Waals surface area (Å²) in [7, 11) is 0. The van der Waals surface area contributed by atoms with Crippen LogP contribution in [0.3, 0.4) is 0 Å². The van der Waals surface area contributed by atoms with Gasteiger partial charge in [0.15, 0.2) is 0 Å². The summed E-state index contributed by atoms with van der Waals surface area (Å²) in [6.07, 6.45) is 0. The van der Waals surface area contributed by atoms with Crippen molar-refractivity contribution in [3.63, 3.8) is 0 Å². The second kappa shape index (κ2) is 5.82. The van der Waals surface area contributed by atoms with Crippen molar-refractivity contribution in [3.8, 4) is 22.5 Å². The minimum absolute atomic E-state index is 0.00463. The Morgan fingerprint density at radius 1 is 0.750 bits per heavy atom. The Kier molecular flexibility index (Phi) is 3.51. The fourth-order valence-corrected chi connectivity index (χ4v) is 2.97. The topological polar surface area (TPSA) is 30.2 Å². The molecule has 0 amide bonds. The van der Waals surface area contributed by atoms with E-state index in [9.17, 15) is 4.79 Å². The normalized spacial score (nSPS) is 10.9. The Balaban J connectivity index is 2.14. The standard InChI is InChI=1S/C22H16O2/c1-15-12-13-19-18(14-15)21(23)20(16-8-4-2-5-9-16)22(24-19)17-10-6-3-7-11-17/h2-14H,1H3. The molecule has 0 aliphatic carbocycles. The van der Waals surface area contributed by atoms with Gasteiger partial charge in [0, 0.05) is 5.56 Å². The molecule has 4 aromatic rings. The number of aryl methyl sites for hydroxylation is 1. The van der Waals surface area contributed by atoms with Crippen LogP contribution in [0.2, 0.25) is 0 Å². The van der Waals surface area contributed by atoms with E-state index in [1.165, 1.54) is 0 Å². The van der Waals surface area contributed by atoms with Crippen LogP contribution in [0.25, 0.3) is 33.4 Å². The Bertz CT molecular complexity index is 1060. The predicted molar refractivity (Wildman–Crippen MR) is 98.1 cm³/mol. The molecular weight excluding hydrogens is 296 g/mol. The SMILES string of the molecule is Cc1ccc2oc(-c3ccccc3)c(-c3ccccc3)c(=O)c2c1. The third-order valence-corrected chi connectivity index (χ3v) is 4.14. The lowest BCUT2D eigenvalue weighted by Crippen LogP contribution is -2.07. The molecule has 0 bridgehead atoms. The summed E-state index contributed by atoms with van der Waals surface area (Å²) in [5, 5.41) is 0.619. The van der Waals surface area contributed by atoms with Crippen LogP contribution < -0.4 is 5.43 Å². The molecule has 0 atom stereocenters. The molecule has 116 valence electrons. The van der Waals surface area contributed by atoms with Gasteiger partial charge < -0.3 is 4.42 Å². The van der Waals surface area contributed by atoms with E-state index < -0.39 is 0 Å². The fraction of sp³-hybridized carbons (Fsp3) is 0.0455. The number of benzene rings is 3. The third-order valence-electron chi connectivity index (χ3n) is 4.14. The Hall–Kier alpha value is -3.13. The Morgan fingerprint density at radius 2 is 1.38 bits per heavy atom. The van der Waals surface area contributed by atoms with Crippen molar-refractivity contribution in [2.75, 3.05) is 0 Å². The number of hydrogen-bond acceptors (Lipinski definition) is 2. The Labute approximate surface area is 140 Å². The van der Waals surface area contributed by atoms with Gasteiger partial charge in [0.05, 0.1) is 10.9 Å². The van der Waals surface area contributed by atoms with Crippen LogP contribution >= 0.6 is 0 Å². The van der Waals surface area contributed by atoms with E-state index >= 15 is 0 Å². The minimum Gasteiger partial charge on any atom is -0.455 e. The molecule has 3 aromatic carbocycles. The minimum atomic E-state index is 0.00463. The summed E-state index contributed by atoms with van der Waals surface area (Å²) < 4.78 is 6.17. The molecule has 4 rings (SSSR count). The molecule has 0 unspecified atom stereocenters. The van der Waals surface area contributed by atoms with E-state index in [0.29, 0.717) is 22.3 Å². The van der Waals surface area contributed by atoms with E-state index in [1.54, 1.807) is 0 Å². The highest BCUT2D eigenvalue weighted by Gasteiger charge is 2.17. The average molecular weight is 312 g/mol.